The molecule has 2 aliphatic rings. The van der Waals surface area contributed by atoms with Gasteiger partial charge in [0.25, 0.3) is 0 Å². The van der Waals surface area contributed by atoms with E-state index >= 15 is 0 Å². The molecule has 1 saturated carbocycles. The lowest BCUT2D eigenvalue weighted by Gasteiger charge is -2.22. The summed E-state index contributed by atoms with van der Waals surface area (Å²) < 4.78 is 0. The zero-order chi connectivity index (χ0) is 7.90. The first-order valence-electron chi connectivity index (χ1n) is 4.64. The summed E-state index contributed by atoms with van der Waals surface area (Å²) in [7, 11) is 2.22. The van der Waals surface area contributed by atoms with Crippen LogP contribution >= 0.6 is 0 Å². The van der Waals surface area contributed by atoms with E-state index < -0.39 is 0 Å². The van der Waals surface area contributed by atoms with Crippen LogP contribution in [0.3, 0.4) is 0 Å². The van der Waals surface area contributed by atoms with Crippen LogP contribution in [0.25, 0.3) is 0 Å². The van der Waals surface area contributed by atoms with Gasteiger partial charge in [-0.25, -0.2) is 0 Å². The van der Waals surface area contributed by atoms with Crippen LogP contribution < -0.4 is 5.73 Å². The minimum absolute atomic E-state index is 0.501. The van der Waals surface area contributed by atoms with E-state index in [0.717, 1.165) is 0 Å². The minimum atomic E-state index is 0.501. The molecule has 1 aliphatic heterocycles. The quantitative estimate of drug-likeness (QED) is 0.559. The molecular weight excluding hydrogens is 136 g/mol. The third-order valence-corrected chi connectivity index (χ3v) is 3.37. The molecule has 0 radical (unpaired) electrons. The standard InChI is InChI=1S/C9H18N2/c1-11-5-4-9(7-11)3-2-8(10)6-9/h8H,2-7,10H2,1H3/t8-,9-/m1/s1. The zero-order valence-electron chi connectivity index (χ0n) is 7.34. The van der Waals surface area contributed by atoms with Gasteiger partial charge in [-0.1, -0.05) is 0 Å². The second-order valence-electron chi connectivity index (χ2n) is 4.49. The van der Waals surface area contributed by atoms with Gasteiger partial charge in [0, 0.05) is 12.6 Å². The Kier molecular flexibility index (Phi) is 1.69. The molecule has 0 aromatic carbocycles. The monoisotopic (exact) mass is 154 g/mol. The second-order valence-corrected chi connectivity index (χ2v) is 4.49. The van der Waals surface area contributed by atoms with E-state index in [1.54, 1.807) is 0 Å². The van der Waals surface area contributed by atoms with Gasteiger partial charge in [-0.05, 0) is 44.7 Å². The van der Waals surface area contributed by atoms with Crippen LogP contribution in [-0.4, -0.2) is 31.1 Å². The van der Waals surface area contributed by atoms with Gasteiger partial charge >= 0.3 is 0 Å². The minimum Gasteiger partial charge on any atom is -0.328 e. The van der Waals surface area contributed by atoms with E-state index in [1.807, 2.05) is 0 Å². The molecule has 2 fully saturated rings. The highest BCUT2D eigenvalue weighted by Crippen LogP contribution is 2.44. The van der Waals surface area contributed by atoms with E-state index in [4.69, 9.17) is 5.73 Å². The van der Waals surface area contributed by atoms with E-state index in [-0.39, 0.29) is 0 Å². The first-order valence-corrected chi connectivity index (χ1v) is 4.64. The van der Waals surface area contributed by atoms with Gasteiger partial charge in [0.15, 0.2) is 0 Å². The summed E-state index contributed by atoms with van der Waals surface area (Å²) in [6.45, 7) is 2.58. The molecule has 2 rings (SSSR count). The van der Waals surface area contributed by atoms with Gasteiger partial charge < -0.3 is 10.6 Å². The largest absolute Gasteiger partial charge is 0.328 e. The highest BCUT2D eigenvalue weighted by atomic mass is 15.1. The van der Waals surface area contributed by atoms with E-state index in [2.05, 4.69) is 11.9 Å². The Morgan fingerprint density at radius 1 is 1.45 bits per heavy atom. The average Bonchev–Trinajstić information content (AvgIpc) is 2.44. The Hall–Kier alpha value is -0.0800. The molecule has 0 amide bonds. The first-order chi connectivity index (χ1) is 5.20. The molecule has 1 saturated heterocycles. The fraction of sp³-hybridized carbons (Fsp3) is 1.00. The van der Waals surface area contributed by atoms with Gasteiger partial charge in [0.05, 0.1) is 0 Å². The number of likely N-dealkylation sites (tertiary alicyclic amines) is 1. The Morgan fingerprint density at radius 2 is 2.27 bits per heavy atom. The van der Waals surface area contributed by atoms with Crippen molar-refractivity contribution >= 4 is 0 Å². The Morgan fingerprint density at radius 3 is 2.73 bits per heavy atom. The fourth-order valence-corrected chi connectivity index (χ4v) is 2.78. The summed E-state index contributed by atoms with van der Waals surface area (Å²) in [5.74, 6) is 0. The molecule has 1 heterocycles. The molecule has 0 bridgehead atoms. The maximum absolute atomic E-state index is 5.92. The van der Waals surface area contributed by atoms with Crippen LogP contribution in [0.2, 0.25) is 0 Å². The van der Waals surface area contributed by atoms with Gasteiger partial charge in [-0.15, -0.1) is 0 Å². The predicted octanol–water partition coefficient (Wildman–Crippen LogP) is 0.820. The van der Waals surface area contributed by atoms with Crippen molar-refractivity contribution in [2.24, 2.45) is 11.1 Å². The Bertz CT molecular complexity index is 138. The van der Waals surface area contributed by atoms with Crippen molar-refractivity contribution in [2.75, 3.05) is 20.1 Å². The van der Waals surface area contributed by atoms with Crippen molar-refractivity contribution in [2.45, 2.75) is 31.7 Å². The summed E-state index contributed by atoms with van der Waals surface area (Å²) in [6.07, 6.45) is 5.29. The first kappa shape index (κ1) is 7.56. The fourth-order valence-electron chi connectivity index (χ4n) is 2.78. The van der Waals surface area contributed by atoms with Crippen molar-refractivity contribution in [1.82, 2.24) is 4.90 Å². The molecule has 11 heavy (non-hydrogen) atoms. The van der Waals surface area contributed by atoms with E-state index in [0.29, 0.717) is 11.5 Å². The van der Waals surface area contributed by atoms with Crippen molar-refractivity contribution in [3.05, 3.63) is 0 Å². The number of hydrogen-bond acceptors (Lipinski definition) is 2. The summed E-state index contributed by atoms with van der Waals surface area (Å²) in [5, 5.41) is 0. The molecule has 64 valence electrons. The number of hydrogen-bond donors (Lipinski definition) is 1. The molecule has 0 aromatic heterocycles. The van der Waals surface area contributed by atoms with Crippen molar-refractivity contribution in [3.8, 4) is 0 Å². The van der Waals surface area contributed by atoms with Crippen LogP contribution in [-0.2, 0) is 0 Å². The van der Waals surface area contributed by atoms with Crippen LogP contribution in [0.4, 0.5) is 0 Å². The third kappa shape index (κ3) is 1.30. The molecule has 1 aliphatic carbocycles. The summed E-state index contributed by atoms with van der Waals surface area (Å²) in [4.78, 5) is 2.44. The third-order valence-electron chi connectivity index (χ3n) is 3.37. The van der Waals surface area contributed by atoms with Crippen LogP contribution in [0.5, 0.6) is 0 Å². The molecule has 2 heteroatoms. The smallest absolute Gasteiger partial charge is 0.00448 e. The van der Waals surface area contributed by atoms with Crippen molar-refractivity contribution in [3.63, 3.8) is 0 Å². The highest BCUT2D eigenvalue weighted by Gasteiger charge is 2.41. The maximum Gasteiger partial charge on any atom is 0.00448 e. The highest BCUT2D eigenvalue weighted by molar-refractivity contribution is 4.96. The van der Waals surface area contributed by atoms with E-state index in [1.165, 1.54) is 38.8 Å². The van der Waals surface area contributed by atoms with Gasteiger partial charge in [0.1, 0.15) is 0 Å². The predicted molar refractivity (Wildman–Crippen MR) is 46.4 cm³/mol. The summed E-state index contributed by atoms with van der Waals surface area (Å²) >= 11 is 0. The SMILES string of the molecule is CN1CC[C@@]2(CC[C@@H](N)C2)C1. The van der Waals surface area contributed by atoms with Gasteiger partial charge in [-0.2, -0.15) is 0 Å². The molecular formula is C9H18N2. The van der Waals surface area contributed by atoms with Gasteiger partial charge in [0.2, 0.25) is 0 Å². The molecule has 0 aromatic rings. The number of nitrogens with two attached hydrogens (primary N) is 1. The molecule has 1 spiro atoms. The van der Waals surface area contributed by atoms with Crippen LogP contribution in [0, 0.1) is 5.41 Å². The van der Waals surface area contributed by atoms with E-state index in [9.17, 15) is 0 Å². The zero-order valence-corrected chi connectivity index (χ0v) is 7.34. The van der Waals surface area contributed by atoms with Gasteiger partial charge in [-0.3, -0.25) is 0 Å². The van der Waals surface area contributed by atoms with Crippen LogP contribution in [0.1, 0.15) is 25.7 Å². The lowest BCUT2D eigenvalue weighted by Crippen LogP contribution is -2.24. The van der Waals surface area contributed by atoms with Crippen molar-refractivity contribution in [1.29, 1.82) is 0 Å². The maximum atomic E-state index is 5.92. The average molecular weight is 154 g/mol. The Labute approximate surface area is 68.7 Å². The summed E-state index contributed by atoms with van der Waals surface area (Å²) in [6, 6.07) is 0.501. The molecule has 2 N–H and O–H groups in total. The van der Waals surface area contributed by atoms with Crippen LogP contribution in [0.15, 0.2) is 0 Å². The number of rotatable bonds is 0. The topological polar surface area (TPSA) is 29.3 Å². The second kappa shape index (κ2) is 2.46. The Balaban J connectivity index is 2.02. The molecule has 0 unspecified atom stereocenters. The lowest BCUT2D eigenvalue weighted by molar-refractivity contribution is 0.286. The van der Waals surface area contributed by atoms with Crippen molar-refractivity contribution < 1.29 is 0 Å². The lowest BCUT2D eigenvalue weighted by atomic mass is 9.85. The molecule has 2 atom stereocenters. The normalized spacial score (nSPS) is 45.8. The number of nitrogens with zero attached hydrogens (tertiary/aromatic N) is 1. The summed E-state index contributed by atoms with van der Waals surface area (Å²) in [5.41, 5.74) is 6.55. The molecule has 2 nitrogen and oxygen atoms in total.